The van der Waals surface area contributed by atoms with E-state index in [0.29, 0.717) is 6.42 Å². The van der Waals surface area contributed by atoms with Crippen molar-refractivity contribution in [2.45, 2.75) is 26.3 Å². The van der Waals surface area contributed by atoms with Gasteiger partial charge < -0.3 is 14.8 Å². The fourth-order valence-electron chi connectivity index (χ4n) is 1.77. The van der Waals surface area contributed by atoms with Crippen molar-refractivity contribution in [1.29, 1.82) is 0 Å². The van der Waals surface area contributed by atoms with E-state index >= 15 is 0 Å². The Morgan fingerprint density at radius 2 is 1.95 bits per heavy atom. The van der Waals surface area contributed by atoms with Crippen LogP contribution in [-0.2, 0) is 14.3 Å². The number of methoxy groups -OCH3 is 1. The zero-order valence-corrected chi connectivity index (χ0v) is 12.4. The average molecular weight is 297 g/mol. The summed E-state index contributed by atoms with van der Waals surface area (Å²) < 4.78 is 23.0. The minimum atomic E-state index is -0.730. The van der Waals surface area contributed by atoms with E-state index in [9.17, 15) is 14.0 Å². The Kier molecular flexibility index (Phi) is 6.65. The molecule has 0 aliphatic rings. The van der Waals surface area contributed by atoms with Crippen LogP contribution < -0.4 is 10.1 Å². The number of rotatable bonds is 7. The monoisotopic (exact) mass is 297 g/mol. The summed E-state index contributed by atoms with van der Waals surface area (Å²) in [5.74, 6) is -1.36. The molecule has 0 aliphatic heterocycles. The van der Waals surface area contributed by atoms with Gasteiger partial charge in [0.2, 0.25) is 0 Å². The second-order valence-electron chi connectivity index (χ2n) is 4.99. The molecule has 0 saturated carbocycles. The van der Waals surface area contributed by atoms with Crippen molar-refractivity contribution in [3.05, 3.63) is 30.1 Å². The molecular weight excluding hydrogens is 277 g/mol. The van der Waals surface area contributed by atoms with E-state index in [0.717, 1.165) is 0 Å². The number of para-hydroxylation sites is 1. The first-order valence-electron chi connectivity index (χ1n) is 6.68. The Balaban J connectivity index is 2.54. The number of esters is 1. The molecule has 1 atom stereocenters. The molecule has 116 valence electrons. The molecule has 0 fully saturated rings. The summed E-state index contributed by atoms with van der Waals surface area (Å²) >= 11 is 0. The van der Waals surface area contributed by atoms with Gasteiger partial charge >= 0.3 is 5.97 Å². The number of halogens is 1. The van der Waals surface area contributed by atoms with E-state index in [1.54, 1.807) is 6.07 Å². The summed E-state index contributed by atoms with van der Waals surface area (Å²) in [5, 5.41) is 2.53. The molecule has 0 bridgehead atoms. The van der Waals surface area contributed by atoms with Crippen LogP contribution in [0.1, 0.15) is 20.3 Å². The molecule has 0 radical (unpaired) electrons. The first-order chi connectivity index (χ1) is 9.93. The summed E-state index contributed by atoms with van der Waals surface area (Å²) in [6.07, 6.45) is 0.456. The maximum Gasteiger partial charge on any atom is 0.328 e. The number of hydrogen-bond acceptors (Lipinski definition) is 4. The summed E-state index contributed by atoms with van der Waals surface area (Å²) in [5.41, 5.74) is 0. The number of nitrogens with one attached hydrogen (secondary N) is 1. The van der Waals surface area contributed by atoms with E-state index in [4.69, 9.17) is 4.74 Å². The maximum absolute atomic E-state index is 13.3. The Bertz CT molecular complexity index is 490. The minimum Gasteiger partial charge on any atom is -0.481 e. The molecule has 0 heterocycles. The maximum atomic E-state index is 13.3. The highest BCUT2D eigenvalue weighted by Crippen LogP contribution is 2.15. The smallest absolute Gasteiger partial charge is 0.328 e. The topological polar surface area (TPSA) is 64.6 Å². The SMILES string of the molecule is COC(=O)[C@@H](CC(C)C)NC(=O)COc1ccccc1F. The van der Waals surface area contributed by atoms with E-state index in [2.05, 4.69) is 10.1 Å². The molecule has 0 aliphatic carbocycles. The summed E-state index contributed by atoms with van der Waals surface area (Å²) in [6, 6.07) is 5.06. The predicted octanol–water partition coefficient (Wildman–Crippen LogP) is 1.91. The summed E-state index contributed by atoms with van der Waals surface area (Å²) in [7, 11) is 1.26. The molecule has 1 aromatic carbocycles. The van der Waals surface area contributed by atoms with Crippen LogP contribution in [0.2, 0.25) is 0 Å². The Labute approximate surface area is 123 Å². The third-order valence-corrected chi connectivity index (χ3v) is 2.72. The first kappa shape index (κ1) is 16.9. The second kappa shape index (κ2) is 8.24. The van der Waals surface area contributed by atoms with Crippen molar-refractivity contribution in [1.82, 2.24) is 5.32 Å². The minimum absolute atomic E-state index is 0.00822. The molecular formula is C15H20FNO4. The zero-order chi connectivity index (χ0) is 15.8. The van der Waals surface area contributed by atoms with E-state index in [-0.39, 0.29) is 18.3 Å². The quantitative estimate of drug-likeness (QED) is 0.781. The number of ether oxygens (including phenoxy) is 2. The normalized spacial score (nSPS) is 11.9. The lowest BCUT2D eigenvalue weighted by Crippen LogP contribution is -2.44. The van der Waals surface area contributed by atoms with Crippen LogP contribution in [0, 0.1) is 11.7 Å². The van der Waals surface area contributed by atoms with Gasteiger partial charge in [-0.2, -0.15) is 0 Å². The molecule has 1 rings (SSSR count). The third-order valence-electron chi connectivity index (χ3n) is 2.72. The zero-order valence-electron chi connectivity index (χ0n) is 12.4. The van der Waals surface area contributed by atoms with Gasteiger partial charge in [-0.1, -0.05) is 26.0 Å². The van der Waals surface area contributed by atoms with Gasteiger partial charge in [-0.25, -0.2) is 9.18 Å². The highest BCUT2D eigenvalue weighted by atomic mass is 19.1. The first-order valence-corrected chi connectivity index (χ1v) is 6.68. The van der Waals surface area contributed by atoms with Crippen molar-refractivity contribution in [2.75, 3.05) is 13.7 Å². The standard InChI is InChI=1S/C15H20FNO4/c1-10(2)8-12(15(19)20-3)17-14(18)9-21-13-7-5-4-6-11(13)16/h4-7,10,12H,8-9H2,1-3H3,(H,17,18)/t12-/m1/s1. The molecule has 1 aromatic rings. The highest BCUT2D eigenvalue weighted by molar-refractivity contribution is 5.85. The van der Waals surface area contributed by atoms with Crippen molar-refractivity contribution in [3.8, 4) is 5.75 Å². The summed E-state index contributed by atoms with van der Waals surface area (Å²) in [6.45, 7) is 3.49. The van der Waals surface area contributed by atoms with Crippen LogP contribution in [0.4, 0.5) is 4.39 Å². The average Bonchev–Trinajstić information content (AvgIpc) is 2.44. The number of carbonyl (C=O) groups is 2. The van der Waals surface area contributed by atoms with E-state index in [1.165, 1.54) is 25.3 Å². The lowest BCUT2D eigenvalue weighted by molar-refractivity contribution is -0.145. The molecule has 0 unspecified atom stereocenters. The van der Waals surface area contributed by atoms with Crippen LogP contribution >= 0.6 is 0 Å². The van der Waals surface area contributed by atoms with Crippen LogP contribution in [0.3, 0.4) is 0 Å². The van der Waals surface area contributed by atoms with Crippen molar-refractivity contribution >= 4 is 11.9 Å². The van der Waals surface area contributed by atoms with Gasteiger partial charge in [-0.05, 0) is 24.5 Å². The Hall–Kier alpha value is -2.11. The molecule has 1 N–H and O–H groups in total. The van der Waals surface area contributed by atoms with Crippen molar-refractivity contribution in [2.24, 2.45) is 5.92 Å². The number of amides is 1. The van der Waals surface area contributed by atoms with Crippen LogP contribution in [-0.4, -0.2) is 31.6 Å². The summed E-state index contributed by atoms with van der Waals surface area (Å²) in [4.78, 5) is 23.3. The third kappa shape index (κ3) is 5.81. The molecule has 0 aromatic heterocycles. The number of benzene rings is 1. The lowest BCUT2D eigenvalue weighted by Gasteiger charge is -2.18. The van der Waals surface area contributed by atoms with Gasteiger partial charge in [0.05, 0.1) is 7.11 Å². The van der Waals surface area contributed by atoms with Gasteiger partial charge in [0, 0.05) is 0 Å². The predicted molar refractivity (Wildman–Crippen MR) is 75.3 cm³/mol. The van der Waals surface area contributed by atoms with E-state index < -0.39 is 23.7 Å². The Morgan fingerprint density at radius 3 is 2.52 bits per heavy atom. The highest BCUT2D eigenvalue weighted by Gasteiger charge is 2.22. The van der Waals surface area contributed by atoms with Crippen LogP contribution in [0.15, 0.2) is 24.3 Å². The largest absolute Gasteiger partial charge is 0.481 e. The Morgan fingerprint density at radius 1 is 1.29 bits per heavy atom. The molecule has 21 heavy (non-hydrogen) atoms. The van der Waals surface area contributed by atoms with Crippen LogP contribution in [0.25, 0.3) is 0 Å². The second-order valence-corrected chi connectivity index (χ2v) is 4.99. The van der Waals surface area contributed by atoms with E-state index in [1.807, 2.05) is 13.8 Å². The molecule has 6 heteroatoms. The number of carbonyl (C=O) groups excluding carboxylic acids is 2. The number of hydrogen-bond donors (Lipinski definition) is 1. The molecule has 0 spiro atoms. The van der Waals surface area contributed by atoms with Gasteiger partial charge in [0.25, 0.3) is 5.91 Å². The molecule has 5 nitrogen and oxygen atoms in total. The van der Waals surface area contributed by atoms with Gasteiger partial charge in [-0.3, -0.25) is 4.79 Å². The molecule has 0 saturated heterocycles. The fourth-order valence-corrected chi connectivity index (χ4v) is 1.77. The fraction of sp³-hybridized carbons (Fsp3) is 0.467. The lowest BCUT2D eigenvalue weighted by atomic mass is 10.0. The van der Waals surface area contributed by atoms with Gasteiger partial charge in [-0.15, -0.1) is 0 Å². The molecule has 1 amide bonds. The van der Waals surface area contributed by atoms with Gasteiger partial charge in [0.1, 0.15) is 6.04 Å². The van der Waals surface area contributed by atoms with Crippen LogP contribution in [0.5, 0.6) is 5.75 Å². The van der Waals surface area contributed by atoms with Crippen molar-refractivity contribution < 1.29 is 23.5 Å². The van der Waals surface area contributed by atoms with Crippen molar-refractivity contribution in [3.63, 3.8) is 0 Å². The van der Waals surface area contributed by atoms with Gasteiger partial charge in [0.15, 0.2) is 18.2 Å².